The average molecular weight is 453 g/mol. The van der Waals surface area contributed by atoms with Crippen LogP contribution in [-0.4, -0.2) is 27.5 Å². The van der Waals surface area contributed by atoms with E-state index in [1.807, 2.05) is 26.8 Å². The van der Waals surface area contributed by atoms with Crippen LogP contribution in [0.2, 0.25) is 0 Å². The molecule has 3 rings (SSSR count). The van der Waals surface area contributed by atoms with Crippen molar-refractivity contribution in [1.29, 1.82) is 0 Å². The number of hydrogen-bond acceptors (Lipinski definition) is 7. The van der Waals surface area contributed by atoms with Gasteiger partial charge in [0, 0.05) is 17.2 Å². The Labute approximate surface area is 191 Å². The van der Waals surface area contributed by atoms with Crippen LogP contribution in [0.15, 0.2) is 51.2 Å². The van der Waals surface area contributed by atoms with Crippen molar-refractivity contribution in [3.8, 4) is 40.1 Å². The zero-order chi connectivity index (χ0) is 24.4. The van der Waals surface area contributed by atoms with Crippen LogP contribution in [0.25, 0.3) is 22.3 Å². The highest BCUT2D eigenvalue weighted by atomic mass is 16.5. The van der Waals surface area contributed by atoms with Gasteiger partial charge in [-0.15, -0.1) is 6.58 Å². The van der Waals surface area contributed by atoms with Gasteiger partial charge in [0.05, 0.1) is 12.7 Å². The Bertz CT molecular complexity index is 1330. The van der Waals surface area contributed by atoms with E-state index in [9.17, 15) is 25.2 Å². The van der Waals surface area contributed by atoms with Crippen molar-refractivity contribution in [3.05, 3.63) is 63.4 Å². The summed E-state index contributed by atoms with van der Waals surface area (Å²) in [6, 6.07) is 3.89. The van der Waals surface area contributed by atoms with Crippen molar-refractivity contribution in [2.45, 2.75) is 40.0 Å². The summed E-state index contributed by atoms with van der Waals surface area (Å²) in [6.45, 7) is 9.46. The summed E-state index contributed by atoms with van der Waals surface area (Å²) in [7, 11) is 1.35. The van der Waals surface area contributed by atoms with Crippen LogP contribution in [-0.2, 0) is 12.8 Å². The smallest absolute Gasteiger partial charge is 0.202 e. The molecule has 33 heavy (non-hydrogen) atoms. The molecule has 7 heteroatoms. The maximum absolute atomic E-state index is 13.6. The summed E-state index contributed by atoms with van der Waals surface area (Å²) in [5, 5.41) is 41.9. The largest absolute Gasteiger partial charge is 0.508 e. The molecule has 0 saturated heterocycles. The van der Waals surface area contributed by atoms with Gasteiger partial charge in [-0.1, -0.05) is 17.2 Å². The molecule has 0 amide bonds. The van der Waals surface area contributed by atoms with Crippen molar-refractivity contribution in [3.63, 3.8) is 0 Å². The Morgan fingerprint density at radius 1 is 1.09 bits per heavy atom. The Morgan fingerprint density at radius 3 is 2.36 bits per heavy atom. The first-order valence-corrected chi connectivity index (χ1v) is 10.5. The highest BCUT2D eigenvalue weighted by Crippen LogP contribution is 2.46. The minimum absolute atomic E-state index is 0.00215. The van der Waals surface area contributed by atoms with Crippen LogP contribution in [0.5, 0.6) is 28.7 Å². The van der Waals surface area contributed by atoms with Gasteiger partial charge in [-0.3, -0.25) is 4.79 Å². The molecular weight excluding hydrogens is 424 g/mol. The third-order valence-corrected chi connectivity index (χ3v) is 5.38. The average Bonchev–Trinajstić information content (AvgIpc) is 2.73. The highest BCUT2D eigenvalue weighted by molar-refractivity contribution is 5.94. The minimum Gasteiger partial charge on any atom is -0.508 e. The molecule has 1 heterocycles. The number of allylic oxidation sites excluding steroid dienone is 3. The lowest BCUT2D eigenvalue weighted by atomic mass is 9.96. The molecule has 0 aliphatic heterocycles. The second kappa shape index (κ2) is 9.32. The van der Waals surface area contributed by atoms with Gasteiger partial charge in [-0.25, -0.2) is 0 Å². The molecule has 0 fully saturated rings. The third-order valence-electron chi connectivity index (χ3n) is 5.38. The van der Waals surface area contributed by atoms with Crippen LogP contribution < -0.4 is 10.2 Å². The summed E-state index contributed by atoms with van der Waals surface area (Å²) >= 11 is 0. The Hall–Kier alpha value is -3.87. The highest BCUT2D eigenvalue weighted by Gasteiger charge is 2.27. The number of ether oxygens (including phenoxy) is 1. The molecule has 7 nitrogen and oxygen atoms in total. The van der Waals surface area contributed by atoms with Gasteiger partial charge in [0.25, 0.3) is 0 Å². The molecule has 0 spiro atoms. The van der Waals surface area contributed by atoms with Gasteiger partial charge in [0.1, 0.15) is 28.4 Å². The standard InChI is InChI=1S/C26H28O7/c1-13(2)6-9-17-21(29)20-22(30)18(10-7-14(3)4)25(32-5)23(31)26(20)33-24(17)16-11-8-15(27)12-19(16)28/h6,8,11-12,27-28,30-31H,3,7,9-10H2,1-2,4-5H3. The van der Waals surface area contributed by atoms with E-state index in [-0.39, 0.29) is 62.8 Å². The lowest BCUT2D eigenvalue weighted by Gasteiger charge is -2.17. The molecule has 4 N–H and O–H groups in total. The number of phenols is 4. The second-order valence-corrected chi connectivity index (χ2v) is 8.30. The Kier molecular flexibility index (Phi) is 6.72. The molecule has 3 aromatic rings. The van der Waals surface area contributed by atoms with Crippen molar-refractivity contribution in [1.82, 2.24) is 0 Å². The first-order chi connectivity index (χ1) is 15.6. The first kappa shape index (κ1) is 23.8. The zero-order valence-corrected chi connectivity index (χ0v) is 19.2. The van der Waals surface area contributed by atoms with E-state index in [4.69, 9.17) is 9.15 Å². The van der Waals surface area contributed by atoms with Gasteiger partial charge in [0.2, 0.25) is 11.2 Å². The zero-order valence-electron chi connectivity index (χ0n) is 19.2. The van der Waals surface area contributed by atoms with Crippen molar-refractivity contribution >= 4 is 11.0 Å². The Morgan fingerprint density at radius 2 is 1.79 bits per heavy atom. The number of rotatable bonds is 7. The third kappa shape index (κ3) is 4.53. The molecule has 0 saturated carbocycles. The molecule has 1 aromatic heterocycles. The van der Waals surface area contributed by atoms with Gasteiger partial charge in [-0.2, -0.15) is 0 Å². The van der Waals surface area contributed by atoms with E-state index < -0.39 is 11.2 Å². The topological polar surface area (TPSA) is 120 Å². The summed E-state index contributed by atoms with van der Waals surface area (Å²) in [6.07, 6.45) is 2.81. The predicted molar refractivity (Wildman–Crippen MR) is 127 cm³/mol. The predicted octanol–water partition coefficient (Wildman–Crippen LogP) is 5.31. The maximum Gasteiger partial charge on any atom is 0.202 e. The quantitative estimate of drug-likeness (QED) is 0.283. The molecule has 174 valence electrons. The fourth-order valence-electron chi connectivity index (χ4n) is 3.67. The number of benzene rings is 2. The van der Waals surface area contributed by atoms with Crippen molar-refractivity contribution < 1.29 is 29.6 Å². The van der Waals surface area contributed by atoms with Crippen LogP contribution in [0.4, 0.5) is 0 Å². The van der Waals surface area contributed by atoms with Crippen molar-refractivity contribution in [2.75, 3.05) is 7.11 Å². The lowest BCUT2D eigenvalue weighted by molar-refractivity contribution is 0.361. The molecule has 0 unspecified atom stereocenters. The SMILES string of the molecule is C=C(C)CCc1c(OC)c(O)c2oc(-c3ccc(O)cc3O)c(CC=C(C)C)c(=O)c2c1O. The van der Waals surface area contributed by atoms with E-state index in [1.165, 1.54) is 19.2 Å². The number of fused-ring (bicyclic) bond motifs is 1. The molecule has 0 bridgehead atoms. The number of aromatic hydroxyl groups is 4. The molecule has 0 atom stereocenters. The molecule has 0 radical (unpaired) electrons. The normalized spacial score (nSPS) is 10.9. The van der Waals surface area contributed by atoms with E-state index in [0.717, 1.165) is 17.2 Å². The van der Waals surface area contributed by atoms with Gasteiger partial charge < -0.3 is 29.6 Å². The summed E-state index contributed by atoms with van der Waals surface area (Å²) in [5.74, 6) is -1.18. The van der Waals surface area contributed by atoms with E-state index in [1.54, 1.807) is 0 Å². The van der Waals surface area contributed by atoms with Crippen LogP contribution in [0, 0.1) is 0 Å². The fraction of sp³-hybridized carbons (Fsp3) is 0.269. The molecule has 0 aliphatic carbocycles. The van der Waals surface area contributed by atoms with Crippen molar-refractivity contribution in [2.24, 2.45) is 0 Å². The lowest BCUT2D eigenvalue weighted by Crippen LogP contribution is -2.12. The number of phenolic OH excluding ortho intramolecular Hbond substituents is 4. The summed E-state index contributed by atoms with van der Waals surface area (Å²) in [4.78, 5) is 13.6. The Balaban J connectivity index is 2.45. The molecule has 2 aromatic carbocycles. The van der Waals surface area contributed by atoms with E-state index in [2.05, 4.69) is 6.58 Å². The van der Waals surface area contributed by atoms with E-state index in [0.29, 0.717) is 12.8 Å². The summed E-state index contributed by atoms with van der Waals surface area (Å²) < 4.78 is 11.3. The van der Waals surface area contributed by atoms with Gasteiger partial charge in [0.15, 0.2) is 11.3 Å². The van der Waals surface area contributed by atoms with E-state index >= 15 is 0 Å². The van der Waals surface area contributed by atoms with Gasteiger partial charge in [-0.05, 0) is 52.2 Å². The van der Waals surface area contributed by atoms with Crippen LogP contribution in [0.3, 0.4) is 0 Å². The maximum atomic E-state index is 13.6. The summed E-state index contributed by atoms with van der Waals surface area (Å²) in [5.41, 5.74) is 1.67. The van der Waals surface area contributed by atoms with Crippen LogP contribution in [0.1, 0.15) is 38.3 Å². The number of methoxy groups -OCH3 is 1. The molecule has 0 aliphatic rings. The monoisotopic (exact) mass is 452 g/mol. The number of hydrogen-bond donors (Lipinski definition) is 4. The van der Waals surface area contributed by atoms with Crippen LogP contribution >= 0.6 is 0 Å². The van der Waals surface area contributed by atoms with Gasteiger partial charge >= 0.3 is 0 Å². The first-order valence-electron chi connectivity index (χ1n) is 10.5. The minimum atomic E-state index is -0.539. The fourth-order valence-corrected chi connectivity index (χ4v) is 3.67. The second-order valence-electron chi connectivity index (χ2n) is 8.30. The molecular formula is C26H28O7.